The lowest BCUT2D eigenvalue weighted by Gasteiger charge is -2.14. The van der Waals surface area contributed by atoms with Gasteiger partial charge in [-0.3, -0.25) is 0 Å². The topological polar surface area (TPSA) is 35.2 Å². The van der Waals surface area contributed by atoms with E-state index in [1.165, 1.54) is 5.56 Å². The van der Waals surface area contributed by atoms with Crippen LogP contribution < -0.4 is 10.5 Å². The lowest BCUT2D eigenvalue weighted by Crippen LogP contribution is -1.96. The summed E-state index contributed by atoms with van der Waals surface area (Å²) in [6.07, 6.45) is 0. The monoisotopic (exact) mass is 227 g/mol. The normalized spacial score (nSPS) is 10.3. The van der Waals surface area contributed by atoms with Crippen molar-refractivity contribution in [3.05, 3.63) is 53.1 Å². The molecule has 2 N–H and O–H groups in total. The van der Waals surface area contributed by atoms with Crippen molar-refractivity contribution in [2.24, 2.45) is 0 Å². The first kappa shape index (κ1) is 11.5. The zero-order valence-corrected chi connectivity index (χ0v) is 10.4. The molecule has 2 heteroatoms. The minimum absolute atomic E-state index is 0.660. The lowest BCUT2D eigenvalue weighted by molar-refractivity contribution is 0.477. The summed E-state index contributed by atoms with van der Waals surface area (Å²) in [6.45, 7) is 6.19. The standard InChI is InChI=1S/C15H17NO/c1-10-8-9-11(2)15(12(10)3)17-14-7-5-4-6-13(14)16/h4-9H,16H2,1-3H3. The molecule has 17 heavy (non-hydrogen) atoms. The van der Waals surface area contributed by atoms with Crippen LogP contribution in [0.25, 0.3) is 0 Å². The number of nitrogen functional groups attached to an aromatic ring is 1. The third kappa shape index (κ3) is 2.26. The van der Waals surface area contributed by atoms with Gasteiger partial charge in [-0.2, -0.15) is 0 Å². The fourth-order valence-corrected chi connectivity index (χ4v) is 1.77. The van der Waals surface area contributed by atoms with Gasteiger partial charge >= 0.3 is 0 Å². The van der Waals surface area contributed by atoms with Crippen LogP contribution in [0, 0.1) is 20.8 Å². The van der Waals surface area contributed by atoms with E-state index in [9.17, 15) is 0 Å². The van der Waals surface area contributed by atoms with Gasteiger partial charge in [0, 0.05) is 0 Å². The highest BCUT2D eigenvalue weighted by atomic mass is 16.5. The predicted molar refractivity (Wildman–Crippen MR) is 71.6 cm³/mol. The number of hydrogen-bond donors (Lipinski definition) is 1. The Morgan fingerprint density at radius 3 is 2.24 bits per heavy atom. The second kappa shape index (κ2) is 4.50. The molecule has 0 aliphatic rings. The van der Waals surface area contributed by atoms with Crippen molar-refractivity contribution >= 4 is 5.69 Å². The largest absolute Gasteiger partial charge is 0.455 e. The molecule has 0 unspecified atom stereocenters. The molecule has 2 aromatic rings. The Balaban J connectivity index is 2.43. The molecule has 0 aromatic heterocycles. The Hall–Kier alpha value is -1.96. The molecular weight excluding hydrogens is 210 g/mol. The average Bonchev–Trinajstić information content (AvgIpc) is 2.32. The van der Waals surface area contributed by atoms with Gasteiger partial charge in [0.25, 0.3) is 0 Å². The summed E-state index contributed by atoms with van der Waals surface area (Å²) in [5.74, 6) is 1.62. The van der Waals surface area contributed by atoms with Gasteiger partial charge < -0.3 is 10.5 Å². The molecule has 0 fully saturated rings. The summed E-state index contributed by atoms with van der Waals surface area (Å²) >= 11 is 0. The van der Waals surface area contributed by atoms with Crippen molar-refractivity contribution in [2.45, 2.75) is 20.8 Å². The Morgan fingerprint density at radius 1 is 0.882 bits per heavy atom. The highest BCUT2D eigenvalue weighted by Crippen LogP contribution is 2.33. The molecular formula is C15H17NO. The molecule has 2 aromatic carbocycles. The maximum Gasteiger partial charge on any atom is 0.150 e. The summed E-state index contributed by atoms with van der Waals surface area (Å²) in [4.78, 5) is 0. The zero-order chi connectivity index (χ0) is 12.4. The van der Waals surface area contributed by atoms with Gasteiger partial charge in [0.2, 0.25) is 0 Å². The number of rotatable bonds is 2. The van der Waals surface area contributed by atoms with Crippen molar-refractivity contribution in [1.82, 2.24) is 0 Å². The number of hydrogen-bond acceptors (Lipinski definition) is 2. The fraction of sp³-hybridized carbons (Fsp3) is 0.200. The van der Waals surface area contributed by atoms with Gasteiger partial charge in [0.05, 0.1) is 5.69 Å². The molecule has 0 aliphatic heterocycles. The number of aryl methyl sites for hydroxylation is 2. The van der Waals surface area contributed by atoms with E-state index in [1.807, 2.05) is 31.2 Å². The van der Waals surface area contributed by atoms with Gasteiger partial charge in [0.15, 0.2) is 0 Å². The fourth-order valence-electron chi connectivity index (χ4n) is 1.77. The van der Waals surface area contributed by atoms with Gasteiger partial charge in [0.1, 0.15) is 11.5 Å². The first-order chi connectivity index (χ1) is 8.09. The van der Waals surface area contributed by atoms with E-state index in [1.54, 1.807) is 0 Å². The predicted octanol–water partition coefficient (Wildman–Crippen LogP) is 3.99. The number of ether oxygens (including phenoxy) is 1. The third-order valence-corrected chi connectivity index (χ3v) is 3.00. The molecule has 0 bridgehead atoms. The van der Waals surface area contributed by atoms with Gasteiger partial charge in [-0.25, -0.2) is 0 Å². The minimum Gasteiger partial charge on any atom is -0.455 e. The summed E-state index contributed by atoms with van der Waals surface area (Å²) in [5.41, 5.74) is 10.0. The molecule has 0 radical (unpaired) electrons. The third-order valence-electron chi connectivity index (χ3n) is 3.00. The van der Waals surface area contributed by atoms with Crippen LogP contribution in [-0.2, 0) is 0 Å². The Morgan fingerprint density at radius 2 is 1.53 bits per heavy atom. The molecule has 0 aliphatic carbocycles. The van der Waals surface area contributed by atoms with Crippen LogP contribution in [0.5, 0.6) is 11.5 Å². The SMILES string of the molecule is Cc1ccc(C)c(Oc2ccccc2N)c1C. The maximum atomic E-state index is 5.93. The number of para-hydroxylation sites is 2. The molecule has 0 heterocycles. The molecule has 0 saturated carbocycles. The van der Waals surface area contributed by atoms with Crippen molar-refractivity contribution in [3.8, 4) is 11.5 Å². The second-order valence-corrected chi connectivity index (χ2v) is 4.29. The highest BCUT2D eigenvalue weighted by Gasteiger charge is 2.08. The van der Waals surface area contributed by atoms with Gasteiger partial charge in [-0.05, 0) is 49.6 Å². The van der Waals surface area contributed by atoms with Crippen LogP contribution in [0.3, 0.4) is 0 Å². The Labute approximate surface area is 102 Å². The van der Waals surface area contributed by atoms with E-state index in [0.717, 1.165) is 16.9 Å². The molecule has 2 rings (SSSR count). The van der Waals surface area contributed by atoms with E-state index in [-0.39, 0.29) is 0 Å². The van der Waals surface area contributed by atoms with Crippen molar-refractivity contribution in [2.75, 3.05) is 5.73 Å². The lowest BCUT2D eigenvalue weighted by atomic mass is 10.1. The highest BCUT2D eigenvalue weighted by molar-refractivity contribution is 5.55. The van der Waals surface area contributed by atoms with Crippen LogP contribution >= 0.6 is 0 Å². The Bertz CT molecular complexity index is 547. The van der Waals surface area contributed by atoms with Gasteiger partial charge in [-0.1, -0.05) is 24.3 Å². The number of nitrogens with two attached hydrogens (primary N) is 1. The van der Waals surface area contributed by atoms with Crippen molar-refractivity contribution < 1.29 is 4.74 Å². The number of anilines is 1. The van der Waals surface area contributed by atoms with Crippen molar-refractivity contribution in [3.63, 3.8) is 0 Å². The summed E-state index contributed by atoms with van der Waals surface area (Å²) < 4.78 is 5.93. The zero-order valence-electron chi connectivity index (χ0n) is 10.4. The second-order valence-electron chi connectivity index (χ2n) is 4.29. The molecule has 0 saturated heterocycles. The van der Waals surface area contributed by atoms with Crippen LogP contribution in [0.1, 0.15) is 16.7 Å². The molecule has 0 spiro atoms. The molecule has 2 nitrogen and oxygen atoms in total. The van der Waals surface area contributed by atoms with Crippen LogP contribution in [0.4, 0.5) is 5.69 Å². The first-order valence-electron chi connectivity index (χ1n) is 5.68. The van der Waals surface area contributed by atoms with E-state index in [2.05, 4.69) is 26.0 Å². The first-order valence-corrected chi connectivity index (χ1v) is 5.68. The maximum absolute atomic E-state index is 5.93. The van der Waals surface area contributed by atoms with E-state index < -0.39 is 0 Å². The summed E-state index contributed by atoms with van der Waals surface area (Å²) in [6, 6.07) is 11.7. The van der Waals surface area contributed by atoms with Crippen LogP contribution in [-0.4, -0.2) is 0 Å². The number of benzene rings is 2. The minimum atomic E-state index is 0.660. The smallest absolute Gasteiger partial charge is 0.150 e. The molecule has 0 atom stereocenters. The quantitative estimate of drug-likeness (QED) is 0.787. The van der Waals surface area contributed by atoms with E-state index in [0.29, 0.717) is 11.4 Å². The van der Waals surface area contributed by atoms with Crippen molar-refractivity contribution in [1.29, 1.82) is 0 Å². The summed E-state index contributed by atoms with van der Waals surface area (Å²) in [7, 11) is 0. The molecule has 88 valence electrons. The molecule has 0 amide bonds. The summed E-state index contributed by atoms with van der Waals surface area (Å²) in [5, 5.41) is 0. The Kier molecular flexibility index (Phi) is 3.05. The van der Waals surface area contributed by atoms with E-state index >= 15 is 0 Å². The van der Waals surface area contributed by atoms with E-state index in [4.69, 9.17) is 10.5 Å². The van der Waals surface area contributed by atoms with Crippen LogP contribution in [0.2, 0.25) is 0 Å². The average molecular weight is 227 g/mol. The van der Waals surface area contributed by atoms with Crippen LogP contribution in [0.15, 0.2) is 36.4 Å². The van der Waals surface area contributed by atoms with Gasteiger partial charge in [-0.15, -0.1) is 0 Å².